The molecule has 2 N–H and O–H groups in total. The maximum atomic E-state index is 14.7. The van der Waals surface area contributed by atoms with Crippen molar-refractivity contribution in [1.82, 2.24) is 0 Å². The van der Waals surface area contributed by atoms with Gasteiger partial charge in [-0.1, -0.05) is 127 Å². The van der Waals surface area contributed by atoms with E-state index in [1.54, 1.807) is 0 Å². The number of ether oxygens (including phenoxy) is 6. The van der Waals surface area contributed by atoms with E-state index < -0.39 is 55.7 Å². The van der Waals surface area contributed by atoms with Gasteiger partial charge in [0.2, 0.25) is 0 Å². The van der Waals surface area contributed by atoms with Gasteiger partial charge in [0, 0.05) is 6.42 Å². The van der Waals surface area contributed by atoms with Crippen molar-refractivity contribution in [3.05, 3.63) is 156 Å². The zero-order valence-corrected chi connectivity index (χ0v) is 27.5. The summed E-state index contributed by atoms with van der Waals surface area (Å²) in [6, 6.07) is 37.3. The Morgan fingerprint density at radius 1 is 0.633 bits per heavy atom. The van der Waals surface area contributed by atoms with Crippen LogP contribution in [-0.2, 0) is 54.8 Å². The fourth-order valence-corrected chi connectivity index (χ4v) is 5.55. The van der Waals surface area contributed by atoms with Crippen molar-refractivity contribution >= 4 is 0 Å². The Morgan fingerprint density at radius 2 is 1.06 bits per heavy atom. The molecule has 5 rings (SSSR count). The fraction of sp³-hybridized carbons (Fsp3) is 0.350. The van der Waals surface area contributed by atoms with Gasteiger partial charge in [-0.05, 0) is 22.3 Å². The van der Waals surface area contributed by atoms with Crippen molar-refractivity contribution < 1.29 is 37.2 Å². The number of halogens is 2. The first kappa shape index (κ1) is 36.5. The summed E-state index contributed by atoms with van der Waals surface area (Å²) < 4.78 is 68.0. The van der Waals surface area contributed by atoms with E-state index in [9.17, 15) is 8.78 Å². The van der Waals surface area contributed by atoms with Crippen LogP contribution in [0.3, 0.4) is 0 Å². The molecular formula is C40H45F2NO6. The van der Waals surface area contributed by atoms with Gasteiger partial charge in [-0.25, -0.2) is 8.78 Å². The normalized spacial score (nSPS) is 21.7. The highest BCUT2D eigenvalue weighted by molar-refractivity contribution is 5.16. The topological polar surface area (TPSA) is 81.4 Å². The zero-order chi connectivity index (χ0) is 34.3. The lowest BCUT2D eigenvalue weighted by molar-refractivity contribution is -0.330. The maximum Gasteiger partial charge on any atom is 0.268 e. The van der Waals surface area contributed by atoms with Crippen LogP contribution >= 0.6 is 0 Å². The third-order valence-corrected chi connectivity index (χ3v) is 8.24. The Morgan fingerprint density at radius 3 is 1.53 bits per heavy atom. The van der Waals surface area contributed by atoms with Crippen molar-refractivity contribution in [2.45, 2.75) is 75.5 Å². The molecule has 0 unspecified atom stereocenters. The fourth-order valence-electron chi connectivity index (χ4n) is 5.55. The number of benzene rings is 4. The molecule has 0 aliphatic carbocycles. The summed E-state index contributed by atoms with van der Waals surface area (Å²) in [6.07, 6.45) is -3.58. The van der Waals surface area contributed by atoms with Crippen LogP contribution in [0.5, 0.6) is 0 Å². The minimum Gasteiger partial charge on any atom is -0.374 e. The van der Waals surface area contributed by atoms with Gasteiger partial charge in [0.1, 0.15) is 24.4 Å². The Balaban J connectivity index is 1.45. The monoisotopic (exact) mass is 673 g/mol. The zero-order valence-electron chi connectivity index (χ0n) is 27.5. The molecule has 4 aromatic carbocycles. The van der Waals surface area contributed by atoms with Crippen molar-refractivity contribution in [2.75, 3.05) is 13.2 Å². The third kappa shape index (κ3) is 11.1. The Bertz CT molecular complexity index is 1500. The molecule has 1 aliphatic heterocycles. The molecule has 9 heteroatoms. The lowest BCUT2D eigenvalue weighted by Crippen LogP contribution is -2.62. The summed E-state index contributed by atoms with van der Waals surface area (Å²) >= 11 is 0. The SMILES string of the molecule is C=CCC(F)(F)[C@@H](N)CO[C@H]1O[C@H](COCc2ccccc2)[C@H](OCc2ccccc2)[C@H](OCc2ccccc2)[C@H]1OCc1ccccc1. The van der Waals surface area contributed by atoms with Crippen molar-refractivity contribution in [3.8, 4) is 0 Å². The van der Waals surface area contributed by atoms with Crippen LogP contribution in [0.2, 0.25) is 0 Å². The number of hydrogen-bond acceptors (Lipinski definition) is 7. The van der Waals surface area contributed by atoms with E-state index in [1.165, 1.54) is 0 Å². The summed E-state index contributed by atoms with van der Waals surface area (Å²) in [5.41, 5.74) is 9.76. The average molecular weight is 674 g/mol. The molecule has 1 heterocycles. The van der Waals surface area contributed by atoms with Crippen LogP contribution < -0.4 is 5.73 Å². The molecule has 49 heavy (non-hydrogen) atoms. The lowest BCUT2D eigenvalue weighted by atomic mass is 9.97. The molecule has 1 fully saturated rings. The highest BCUT2D eigenvalue weighted by Crippen LogP contribution is 2.32. The summed E-state index contributed by atoms with van der Waals surface area (Å²) in [7, 11) is 0. The van der Waals surface area contributed by atoms with Crippen LogP contribution in [0.15, 0.2) is 134 Å². The molecule has 4 aromatic rings. The number of alkyl halides is 2. The second-order valence-electron chi connectivity index (χ2n) is 12.0. The predicted molar refractivity (Wildman–Crippen MR) is 184 cm³/mol. The average Bonchev–Trinajstić information content (AvgIpc) is 3.13. The van der Waals surface area contributed by atoms with E-state index in [1.807, 2.05) is 121 Å². The van der Waals surface area contributed by atoms with E-state index in [-0.39, 0.29) is 26.4 Å². The van der Waals surface area contributed by atoms with Gasteiger partial charge >= 0.3 is 0 Å². The molecule has 0 spiro atoms. The van der Waals surface area contributed by atoms with Crippen LogP contribution in [0.1, 0.15) is 28.7 Å². The number of nitrogens with two attached hydrogens (primary N) is 1. The lowest BCUT2D eigenvalue weighted by Gasteiger charge is -2.46. The number of allylic oxidation sites excluding steroid dienone is 1. The third-order valence-electron chi connectivity index (χ3n) is 8.24. The first-order valence-electron chi connectivity index (χ1n) is 16.5. The highest BCUT2D eigenvalue weighted by atomic mass is 19.3. The van der Waals surface area contributed by atoms with Crippen molar-refractivity contribution in [1.29, 1.82) is 0 Å². The second kappa shape index (κ2) is 18.8. The number of rotatable bonds is 19. The summed E-state index contributed by atoms with van der Waals surface area (Å²) in [5, 5.41) is 0. The molecule has 7 nitrogen and oxygen atoms in total. The van der Waals surface area contributed by atoms with Gasteiger partial charge in [0.25, 0.3) is 5.92 Å². The minimum absolute atomic E-state index is 0.115. The molecule has 1 saturated heterocycles. The van der Waals surface area contributed by atoms with Crippen LogP contribution in [0.4, 0.5) is 8.78 Å². The van der Waals surface area contributed by atoms with Gasteiger partial charge in [-0.15, -0.1) is 6.58 Å². The minimum atomic E-state index is -3.22. The van der Waals surface area contributed by atoms with Gasteiger partial charge in [-0.3, -0.25) is 0 Å². The smallest absolute Gasteiger partial charge is 0.268 e. The first-order chi connectivity index (χ1) is 23.9. The molecule has 0 saturated carbocycles. The first-order valence-corrected chi connectivity index (χ1v) is 16.5. The van der Waals surface area contributed by atoms with E-state index in [2.05, 4.69) is 6.58 Å². The molecule has 0 bridgehead atoms. The predicted octanol–water partition coefficient (Wildman–Crippen LogP) is 7.24. The van der Waals surface area contributed by atoms with Gasteiger partial charge in [0.05, 0.1) is 45.7 Å². The molecule has 260 valence electrons. The highest BCUT2D eigenvalue weighted by Gasteiger charge is 2.50. The molecule has 1 aliphatic rings. The maximum absolute atomic E-state index is 14.7. The molecule has 0 aromatic heterocycles. The summed E-state index contributed by atoms with van der Waals surface area (Å²) in [6.45, 7) is 4.10. The molecular weight excluding hydrogens is 628 g/mol. The Kier molecular flexibility index (Phi) is 14.0. The number of hydrogen-bond donors (Lipinski definition) is 1. The quantitative estimate of drug-likeness (QED) is 0.105. The molecule has 0 radical (unpaired) electrons. The van der Waals surface area contributed by atoms with Crippen LogP contribution in [-0.4, -0.2) is 55.9 Å². The van der Waals surface area contributed by atoms with Gasteiger partial charge in [-0.2, -0.15) is 0 Å². The van der Waals surface area contributed by atoms with Gasteiger partial charge < -0.3 is 34.2 Å². The van der Waals surface area contributed by atoms with E-state index >= 15 is 0 Å². The van der Waals surface area contributed by atoms with E-state index in [4.69, 9.17) is 34.2 Å². The second-order valence-corrected chi connectivity index (χ2v) is 12.0. The Labute approximate surface area is 287 Å². The standard InChI is InChI=1S/C40H45F2NO6/c1-2-23-40(41,42)35(43)29-48-39-38(47-27-33-21-13-6-14-22-33)37(46-26-32-19-11-5-12-20-32)36(45-25-31-17-9-4-10-18-31)34(49-39)28-44-24-30-15-7-3-8-16-30/h2-22,34-39H,1,23-29,43H2/t34-,35+,36+,37+,38-,39+/m1/s1. The summed E-state index contributed by atoms with van der Waals surface area (Å²) in [5.74, 6) is -3.22. The molecule has 6 atom stereocenters. The largest absolute Gasteiger partial charge is 0.374 e. The van der Waals surface area contributed by atoms with Gasteiger partial charge in [0.15, 0.2) is 6.29 Å². The molecule has 0 amide bonds. The van der Waals surface area contributed by atoms with E-state index in [0.29, 0.717) is 6.61 Å². The van der Waals surface area contributed by atoms with Crippen molar-refractivity contribution in [2.24, 2.45) is 5.73 Å². The Hall–Kier alpha value is -3.80. The van der Waals surface area contributed by atoms with Crippen molar-refractivity contribution in [3.63, 3.8) is 0 Å². The van der Waals surface area contributed by atoms with Crippen LogP contribution in [0.25, 0.3) is 0 Å². The van der Waals surface area contributed by atoms with Crippen LogP contribution in [0, 0.1) is 0 Å². The summed E-state index contributed by atoms with van der Waals surface area (Å²) in [4.78, 5) is 0. The van der Waals surface area contributed by atoms with E-state index in [0.717, 1.165) is 28.3 Å².